The average molecular weight is 463 g/mol. The normalized spacial score (nSPS) is 18.2. The van der Waals surface area contributed by atoms with Crippen LogP contribution in [-0.2, 0) is 0 Å². The van der Waals surface area contributed by atoms with Crippen molar-refractivity contribution in [2.24, 2.45) is 0 Å². The van der Waals surface area contributed by atoms with Gasteiger partial charge in [-0.25, -0.2) is 4.68 Å². The monoisotopic (exact) mass is 462 g/mol. The Balaban J connectivity index is 1.42. The summed E-state index contributed by atoms with van der Waals surface area (Å²) in [5.41, 5.74) is 2.35. The van der Waals surface area contributed by atoms with Crippen LogP contribution in [0.25, 0.3) is 0 Å². The van der Waals surface area contributed by atoms with Crippen LogP contribution in [0.5, 0.6) is 11.5 Å². The lowest BCUT2D eigenvalue weighted by molar-refractivity contribution is 0.197. The van der Waals surface area contributed by atoms with Gasteiger partial charge in [-0.15, -0.1) is 5.10 Å². The van der Waals surface area contributed by atoms with E-state index >= 15 is 0 Å². The van der Waals surface area contributed by atoms with E-state index in [9.17, 15) is 0 Å². The van der Waals surface area contributed by atoms with Crippen molar-refractivity contribution < 1.29 is 9.47 Å². The molecule has 2 aliphatic rings. The van der Waals surface area contributed by atoms with Gasteiger partial charge < -0.3 is 14.4 Å². The number of nitrogens with zero attached hydrogens (tertiary/aromatic N) is 6. The van der Waals surface area contributed by atoms with Crippen LogP contribution in [0.2, 0.25) is 0 Å². The highest BCUT2D eigenvalue weighted by Gasteiger charge is 2.33. The van der Waals surface area contributed by atoms with Crippen molar-refractivity contribution in [3.8, 4) is 11.5 Å². The molecule has 8 heteroatoms. The van der Waals surface area contributed by atoms with Gasteiger partial charge in [0.15, 0.2) is 5.82 Å². The van der Waals surface area contributed by atoms with Crippen LogP contribution < -0.4 is 14.4 Å². The first-order valence-corrected chi connectivity index (χ1v) is 12.4. The van der Waals surface area contributed by atoms with Gasteiger partial charge >= 0.3 is 0 Å². The fourth-order valence-electron chi connectivity index (χ4n) is 5.34. The molecular formula is C26H34N6O2. The topological polar surface area (TPSA) is 68.5 Å². The standard InChI is InChI=1S/C26H34N6O2/c1-3-34-22-14-12-20(13-15-22)25(26-27-28-29-32(26)21-8-4-5-9-21)31-18-16-30(17-19-31)23-10-6-7-11-24(23)33-2/h6-7,10-15,21,25H,3-5,8-9,16-19H2,1-2H3. The number of hydrogen-bond acceptors (Lipinski definition) is 7. The van der Waals surface area contributed by atoms with Crippen LogP contribution in [0.1, 0.15) is 56.1 Å². The summed E-state index contributed by atoms with van der Waals surface area (Å²) in [5, 5.41) is 13.1. The zero-order valence-electron chi connectivity index (χ0n) is 20.1. The van der Waals surface area contributed by atoms with Crippen molar-refractivity contribution >= 4 is 5.69 Å². The fraction of sp³-hybridized carbons (Fsp3) is 0.500. The van der Waals surface area contributed by atoms with E-state index in [2.05, 4.69) is 66.4 Å². The highest BCUT2D eigenvalue weighted by atomic mass is 16.5. The minimum atomic E-state index is 0.00564. The van der Waals surface area contributed by atoms with Gasteiger partial charge in [0.2, 0.25) is 0 Å². The molecule has 5 rings (SSSR count). The van der Waals surface area contributed by atoms with E-state index in [-0.39, 0.29) is 6.04 Å². The van der Waals surface area contributed by atoms with Crippen LogP contribution in [0.4, 0.5) is 5.69 Å². The fourth-order valence-corrected chi connectivity index (χ4v) is 5.34. The van der Waals surface area contributed by atoms with Gasteiger partial charge in [0, 0.05) is 26.2 Å². The number of benzene rings is 2. The number of rotatable bonds is 8. The molecule has 0 N–H and O–H groups in total. The number of aromatic nitrogens is 4. The summed E-state index contributed by atoms with van der Waals surface area (Å²) in [6.45, 7) is 6.32. The van der Waals surface area contributed by atoms with Crippen LogP contribution in [0.3, 0.4) is 0 Å². The second kappa shape index (κ2) is 10.4. The van der Waals surface area contributed by atoms with Gasteiger partial charge in [0.25, 0.3) is 0 Å². The lowest BCUT2D eigenvalue weighted by atomic mass is 10.0. The molecule has 2 heterocycles. The number of methoxy groups -OCH3 is 1. The SMILES string of the molecule is CCOc1ccc(C(c2nnnn2C2CCCC2)N2CCN(c3ccccc3OC)CC2)cc1. The zero-order valence-corrected chi connectivity index (χ0v) is 20.1. The van der Waals surface area contributed by atoms with E-state index in [1.165, 1.54) is 18.4 Å². The Kier molecular flexibility index (Phi) is 6.94. The smallest absolute Gasteiger partial charge is 0.173 e. The number of para-hydroxylation sites is 2. The Labute approximate surface area is 201 Å². The number of hydrogen-bond donors (Lipinski definition) is 0. The van der Waals surface area contributed by atoms with Crippen molar-refractivity contribution in [1.82, 2.24) is 25.1 Å². The van der Waals surface area contributed by atoms with Crippen molar-refractivity contribution in [3.63, 3.8) is 0 Å². The molecule has 0 spiro atoms. The third kappa shape index (κ3) is 4.59. The quantitative estimate of drug-likeness (QED) is 0.499. The summed E-state index contributed by atoms with van der Waals surface area (Å²) < 4.78 is 13.4. The Morgan fingerprint density at radius 1 is 0.971 bits per heavy atom. The Morgan fingerprint density at radius 2 is 1.71 bits per heavy atom. The maximum Gasteiger partial charge on any atom is 0.173 e. The van der Waals surface area contributed by atoms with Gasteiger partial charge in [-0.05, 0) is 60.0 Å². The lowest BCUT2D eigenvalue weighted by Gasteiger charge is -2.40. The van der Waals surface area contributed by atoms with Gasteiger partial charge in [-0.2, -0.15) is 0 Å². The summed E-state index contributed by atoms with van der Waals surface area (Å²) in [7, 11) is 1.74. The molecule has 34 heavy (non-hydrogen) atoms. The molecule has 0 radical (unpaired) electrons. The number of piperazine rings is 1. The Bertz CT molecular complexity index is 1060. The van der Waals surface area contributed by atoms with Crippen molar-refractivity contribution in [2.45, 2.75) is 44.7 Å². The Hall–Kier alpha value is -3.13. The lowest BCUT2D eigenvalue weighted by Crippen LogP contribution is -2.48. The van der Waals surface area contributed by atoms with E-state index in [0.29, 0.717) is 12.6 Å². The molecule has 1 saturated carbocycles. The first kappa shape index (κ1) is 22.7. The molecule has 1 saturated heterocycles. The molecule has 2 aromatic carbocycles. The van der Waals surface area contributed by atoms with Crippen molar-refractivity contribution in [3.05, 3.63) is 59.9 Å². The molecule has 0 bridgehead atoms. The van der Waals surface area contributed by atoms with Gasteiger partial charge in [0.1, 0.15) is 11.5 Å². The van der Waals surface area contributed by atoms with Crippen molar-refractivity contribution in [2.75, 3.05) is 44.8 Å². The molecule has 2 fully saturated rings. The maximum atomic E-state index is 5.69. The molecule has 1 aromatic heterocycles. The summed E-state index contributed by atoms with van der Waals surface area (Å²) in [4.78, 5) is 4.92. The van der Waals surface area contributed by atoms with Gasteiger partial charge in [0.05, 0.1) is 31.5 Å². The predicted octanol–water partition coefficient (Wildman–Crippen LogP) is 4.11. The van der Waals surface area contributed by atoms with Crippen LogP contribution in [0, 0.1) is 0 Å². The summed E-state index contributed by atoms with van der Waals surface area (Å²) >= 11 is 0. The minimum absolute atomic E-state index is 0.00564. The van der Waals surface area contributed by atoms with E-state index < -0.39 is 0 Å². The predicted molar refractivity (Wildman–Crippen MR) is 132 cm³/mol. The average Bonchev–Trinajstić information content (AvgIpc) is 3.58. The number of ether oxygens (including phenoxy) is 2. The van der Waals surface area contributed by atoms with Gasteiger partial charge in [-0.3, -0.25) is 4.90 Å². The maximum absolute atomic E-state index is 5.69. The molecule has 1 aliphatic carbocycles. The van der Waals surface area contributed by atoms with E-state index in [4.69, 9.17) is 9.47 Å². The zero-order chi connectivity index (χ0) is 23.3. The number of anilines is 1. The number of tetrazole rings is 1. The molecule has 1 aliphatic heterocycles. The van der Waals surface area contributed by atoms with Crippen molar-refractivity contribution in [1.29, 1.82) is 0 Å². The Morgan fingerprint density at radius 3 is 2.41 bits per heavy atom. The first-order valence-electron chi connectivity index (χ1n) is 12.4. The highest BCUT2D eigenvalue weighted by Crippen LogP contribution is 2.36. The second-order valence-corrected chi connectivity index (χ2v) is 9.02. The van der Waals surface area contributed by atoms with Crippen LogP contribution >= 0.6 is 0 Å². The van der Waals surface area contributed by atoms with E-state index in [0.717, 1.165) is 62.0 Å². The highest BCUT2D eigenvalue weighted by molar-refractivity contribution is 5.58. The summed E-state index contributed by atoms with van der Waals surface area (Å²) in [5.74, 6) is 2.76. The molecule has 3 aromatic rings. The molecule has 8 nitrogen and oxygen atoms in total. The second-order valence-electron chi connectivity index (χ2n) is 9.02. The summed E-state index contributed by atoms with van der Waals surface area (Å²) in [6, 6.07) is 17.1. The van der Waals surface area contributed by atoms with Crippen LogP contribution in [0.15, 0.2) is 48.5 Å². The molecule has 1 atom stereocenters. The first-order chi connectivity index (χ1) is 16.8. The third-order valence-electron chi connectivity index (χ3n) is 7.05. The minimum Gasteiger partial charge on any atom is -0.495 e. The van der Waals surface area contributed by atoms with E-state index in [1.807, 2.05) is 19.1 Å². The molecular weight excluding hydrogens is 428 g/mol. The molecule has 1 unspecified atom stereocenters. The van der Waals surface area contributed by atoms with E-state index in [1.54, 1.807) is 7.11 Å². The van der Waals surface area contributed by atoms with Gasteiger partial charge in [-0.1, -0.05) is 37.1 Å². The summed E-state index contributed by atoms with van der Waals surface area (Å²) in [6.07, 6.45) is 4.79. The molecule has 180 valence electrons. The van der Waals surface area contributed by atoms with Crippen LogP contribution in [-0.4, -0.2) is 65.0 Å². The third-order valence-corrected chi connectivity index (χ3v) is 7.05. The largest absolute Gasteiger partial charge is 0.495 e. The molecule has 0 amide bonds.